The molecule has 1 rings (SSSR count). The average Bonchev–Trinajstić information content (AvgIpc) is 2.27. The van der Waals surface area contributed by atoms with Crippen LogP contribution in [0.3, 0.4) is 0 Å². The number of carbonyl (C=O) groups is 2. The van der Waals surface area contributed by atoms with Gasteiger partial charge in [-0.15, -0.1) is 0 Å². The summed E-state index contributed by atoms with van der Waals surface area (Å²) in [7, 11) is 1.12. The topological polar surface area (TPSA) is 63.6 Å². The van der Waals surface area contributed by atoms with Crippen LogP contribution >= 0.6 is 0 Å². The number of ketones is 1. The molecule has 0 aliphatic rings. The number of methoxy groups -OCH3 is 1. The van der Waals surface area contributed by atoms with Crippen LogP contribution in [0.5, 0.6) is 0 Å². The molecule has 1 atom stereocenters. The summed E-state index contributed by atoms with van der Waals surface area (Å²) in [6, 6.07) is 7.98. The quantitative estimate of drug-likeness (QED) is 0.584. The maximum atomic E-state index is 11.4. The minimum Gasteiger partial charge on any atom is -0.466 e. The minimum absolute atomic E-state index is 0.212. The number of carbonyl (C=O) groups excluding carboxylic acids is 2. The zero-order chi connectivity index (χ0) is 11.5. The van der Waals surface area contributed by atoms with Crippen LogP contribution in [-0.2, 0) is 19.9 Å². The second-order valence-electron chi connectivity index (χ2n) is 3.12. The van der Waals surface area contributed by atoms with Gasteiger partial charge in [-0.3, -0.25) is 4.79 Å². The van der Waals surface area contributed by atoms with Gasteiger partial charge in [0.15, 0.2) is 5.78 Å². The molecule has 1 N–H and O–H groups in total. The molecule has 0 spiro atoms. The Morgan fingerprint density at radius 1 is 1.27 bits per heavy atom. The molecule has 0 aromatic heterocycles. The Kier molecular flexibility index (Phi) is 3.21. The molecule has 0 aliphatic carbocycles. The highest BCUT2D eigenvalue weighted by Gasteiger charge is 2.44. The van der Waals surface area contributed by atoms with Gasteiger partial charge in [0.25, 0.3) is 0 Å². The number of Topliss-reactive ketones (excluding diaryl/α,β-unsaturated/α-hetero) is 1. The van der Waals surface area contributed by atoms with Gasteiger partial charge in [0.05, 0.1) is 7.11 Å². The molecule has 0 radical (unpaired) electrons. The van der Waals surface area contributed by atoms with E-state index in [2.05, 4.69) is 4.74 Å². The standard InChI is InChI=1S/C11H12O4/c1-8(12)11(14,10(13)15-2)9-6-4-3-5-7-9/h3-7,14H,1-2H3. The molecule has 1 aromatic rings. The van der Waals surface area contributed by atoms with E-state index in [0.717, 1.165) is 14.0 Å². The highest BCUT2D eigenvalue weighted by Crippen LogP contribution is 2.23. The van der Waals surface area contributed by atoms with Gasteiger partial charge >= 0.3 is 5.97 Å². The molecule has 80 valence electrons. The zero-order valence-corrected chi connectivity index (χ0v) is 8.56. The Morgan fingerprint density at radius 2 is 1.80 bits per heavy atom. The van der Waals surface area contributed by atoms with E-state index in [4.69, 9.17) is 0 Å². The highest BCUT2D eigenvalue weighted by atomic mass is 16.5. The van der Waals surface area contributed by atoms with Crippen molar-refractivity contribution in [2.45, 2.75) is 12.5 Å². The van der Waals surface area contributed by atoms with E-state index in [0.29, 0.717) is 0 Å². The summed E-state index contributed by atoms with van der Waals surface area (Å²) < 4.78 is 4.42. The first-order valence-electron chi connectivity index (χ1n) is 4.40. The Balaban J connectivity index is 3.25. The van der Waals surface area contributed by atoms with Gasteiger partial charge in [-0.05, 0) is 6.92 Å². The van der Waals surface area contributed by atoms with Crippen molar-refractivity contribution in [3.05, 3.63) is 35.9 Å². The number of ether oxygens (including phenoxy) is 1. The van der Waals surface area contributed by atoms with Crippen LogP contribution in [-0.4, -0.2) is 24.0 Å². The van der Waals surface area contributed by atoms with Crippen LogP contribution in [0.15, 0.2) is 30.3 Å². The second kappa shape index (κ2) is 4.23. The van der Waals surface area contributed by atoms with E-state index >= 15 is 0 Å². The van der Waals surface area contributed by atoms with Gasteiger partial charge < -0.3 is 9.84 Å². The molecule has 0 bridgehead atoms. The van der Waals surface area contributed by atoms with Gasteiger partial charge in [0.2, 0.25) is 5.60 Å². The van der Waals surface area contributed by atoms with Crippen molar-refractivity contribution in [2.24, 2.45) is 0 Å². The van der Waals surface area contributed by atoms with Crippen molar-refractivity contribution in [2.75, 3.05) is 7.11 Å². The summed E-state index contributed by atoms with van der Waals surface area (Å²) >= 11 is 0. The molecule has 0 saturated heterocycles. The summed E-state index contributed by atoms with van der Waals surface area (Å²) in [5.74, 6) is -1.64. The number of hydrogen-bond donors (Lipinski definition) is 1. The van der Waals surface area contributed by atoms with Crippen molar-refractivity contribution in [3.8, 4) is 0 Å². The summed E-state index contributed by atoms with van der Waals surface area (Å²) in [4.78, 5) is 22.7. The lowest BCUT2D eigenvalue weighted by molar-refractivity contribution is -0.168. The maximum Gasteiger partial charge on any atom is 0.350 e. The third kappa shape index (κ3) is 1.89. The lowest BCUT2D eigenvalue weighted by Crippen LogP contribution is -2.43. The number of hydrogen-bond acceptors (Lipinski definition) is 4. The smallest absolute Gasteiger partial charge is 0.350 e. The van der Waals surface area contributed by atoms with Crippen LogP contribution in [0.1, 0.15) is 12.5 Å². The largest absolute Gasteiger partial charge is 0.466 e. The van der Waals surface area contributed by atoms with Crippen LogP contribution in [0.25, 0.3) is 0 Å². The predicted molar refractivity (Wildman–Crippen MR) is 53.0 cm³/mol. The summed E-state index contributed by atoms with van der Waals surface area (Å²) in [6.07, 6.45) is 0. The first kappa shape index (κ1) is 11.4. The number of benzene rings is 1. The fourth-order valence-electron chi connectivity index (χ4n) is 1.29. The average molecular weight is 208 g/mol. The molecular formula is C11H12O4. The Labute approximate surface area is 87.5 Å². The van der Waals surface area contributed by atoms with E-state index in [1.54, 1.807) is 18.2 Å². The van der Waals surface area contributed by atoms with Crippen molar-refractivity contribution >= 4 is 11.8 Å². The predicted octanol–water partition coefficient (Wildman–Crippen LogP) is 0.636. The van der Waals surface area contributed by atoms with E-state index in [-0.39, 0.29) is 5.56 Å². The molecule has 1 aromatic carbocycles. The first-order chi connectivity index (χ1) is 7.03. The van der Waals surface area contributed by atoms with Crippen molar-refractivity contribution in [1.29, 1.82) is 0 Å². The lowest BCUT2D eigenvalue weighted by Gasteiger charge is -2.22. The summed E-state index contributed by atoms with van der Waals surface area (Å²) in [5, 5.41) is 10.0. The molecule has 15 heavy (non-hydrogen) atoms. The summed E-state index contributed by atoms with van der Waals surface area (Å²) in [5.41, 5.74) is -1.99. The Bertz CT molecular complexity index is 371. The lowest BCUT2D eigenvalue weighted by atomic mass is 9.90. The van der Waals surface area contributed by atoms with E-state index in [9.17, 15) is 14.7 Å². The highest BCUT2D eigenvalue weighted by molar-refractivity contribution is 6.06. The SMILES string of the molecule is COC(=O)C(O)(C(C)=O)c1ccccc1. The van der Waals surface area contributed by atoms with Crippen molar-refractivity contribution < 1.29 is 19.4 Å². The van der Waals surface area contributed by atoms with Crippen molar-refractivity contribution in [3.63, 3.8) is 0 Å². The van der Waals surface area contributed by atoms with Gasteiger partial charge in [-0.25, -0.2) is 4.79 Å². The number of rotatable bonds is 3. The Hall–Kier alpha value is -1.68. The molecule has 0 fully saturated rings. The molecule has 0 saturated carbocycles. The van der Waals surface area contributed by atoms with Crippen LogP contribution in [0.2, 0.25) is 0 Å². The first-order valence-corrected chi connectivity index (χ1v) is 4.40. The normalized spacial score (nSPS) is 14.1. The van der Waals surface area contributed by atoms with Crippen LogP contribution < -0.4 is 0 Å². The van der Waals surface area contributed by atoms with E-state index in [1.165, 1.54) is 12.1 Å². The van der Waals surface area contributed by atoms with Gasteiger partial charge in [0, 0.05) is 5.56 Å². The zero-order valence-electron chi connectivity index (χ0n) is 8.56. The third-order valence-corrected chi connectivity index (χ3v) is 2.18. The second-order valence-corrected chi connectivity index (χ2v) is 3.12. The van der Waals surface area contributed by atoms with Crippen molar-refractivity contribution in [1.82, 2.24) is 0 Å². The van der Waals surface area contributed by atoms with E-state index < -0.39 is 17.4 Å². The Morgan fingerprint density at radius 3 is 2.20 bits per heavy atom. The fourth-order valence-corrected chi connectivity index (χ4v) is 1.29. The molecule has 0 amide bonds. The third-order valence-electron chi connectivity index (χ3n) is 2.18. The van der Waals surface area contributed by atoms with Gasteiger partial charge in [0.1, 0.15) is 0 Å². The van der Waals surface area contributed by atoms with Gasteiger partial charge in [-0.1, -0.05) is 30.3 Å². The molecule has 4 heteroatoms. The molecule has 4 nitrogen and oxygen atoms in total. The monoisotopic (exact) mass is 208 g/mol. The number of aliphatic hydroxyl groups is 1. The maximum absolute atomic E-state index is 11.4. The molecule has 1 unspecified atom stereocenters. The number of esters is 1. The van der Waals surface area contributed by atoms with Crippen LogP contribution in [0.4, 0.5) is 0 Å². The summed E-state index contributed by atoms with van der Waals surface area (Å²) in [6.45, 7) is 1.14. The van der Waals surface area contributed by atoms with Gasteiger partial charge in [-0.2, -0.15) is 0 Å². The van der Waals surface area contributed by atoms with Crippen LogP contribution in [0, 0.1) is 0 Å². The minimum atomic E-state index is -2.20. The fraction of sp³-hybridized carbons (Fsp3) is 0.273. The molecule has 0 heterocycles. The van der Waals surface area contributed by atoms with E-state index in [1.807, 2.05) is 0 Å². The molecular weight excluding hydrogens is 196 g/mol. The molecule has 0 aliphatic heterocycles.